The van der Waals surface area contributed by atoms with Gasteiger partial charge < -0.3 is 4.42 Å². The number of hydrogen-bond donors (Lipinski definition) is 1. The lowest BCUT2D eigenvalue weighted by atomic mass is 9.97. The highest BCUT2D eigenvalue weighted by atomic mass is 35.5. The molecule has 1 atom stereocenters. The minimum Gasteiger partial charge on any atom is -0.420 e. The largest absolute Gasteiger partial charge is 0.420 e. The van der Waals surface area contributed by atoms with Crippen LogP contribution in [0.1, 0.15) is 30.2 Å². The van der Waals surface area contributed by atoms with Gasteiger partial charge in [-0.25, -0.2) is 9.37 Å². The maximum atomic E-state index is 14.1. The summed E-state index contributed by atoms with van der Waals surface area (Å²) in [4.78, 5) is 6.30. The number of fused-ring (bicyclic) bond motifs is 1. The quantitative estimate of drug-likeness (QED) is 0.312. The van der Waals surface area contributed by atoms with E-state index in [0.717, 1.165) is 53.7 Å². The fourth-order valence-corrected chi connectivity index (χ4v) is 4.88. The van der Waals surface area contributed by atoms with Crippen LogP contribution in [0.5, 0.6) is 0 Å². The fourth-order valence-electron chi connectivity index (χ4n) is 4.70. The third-order valence-corrected chi connectivity index (χ3v) is 6.66. The number of nitrogens with one attached hydrogen (secondary N) is 1. The van der Waals surface area contributed by atoms with Crippen molar-refractivity contribution in [2.75, 3.05) is 13.1 Å². The van der Waals surface area contributed by atoms with Crippen LogP contribution < -0.4 is 0 Å². The van der Waals surface area contributed by atoms with Gasteiger partial charge in [-0.1, -0.05) is 29.8 Å². The molecule has 5 aromatic rings. The lowest BCUT2D eigenvalue weighted by Crippen LogP contribution is -2.34. The maximum Gasteiger partial charge on any atom is 0.247 e. The van der Waals surface area contributed by atoms with Gasteiger partial charge in [0.25, 0.3) is 0 Å². The first kappa shape index (κ1) is 21.9. The first-order chi connectivity index (χ1) is 17.1. The Morgan fingerprint density at radius 3 is 2.89 bits per heavy atom. The Morgan fingerprint density at radius 2 is 2.00 bits per heavy atom. The van der Waals surface area contributed by atoms with E-state index in [9.17, 15) is 4.39 Å². The molecule has 7 nitrogen and oxygen atoms in total. The van der Waals surface area contributed by atoms with E-state index in [1.54, 1.807) is 18.3 Å². The number of rotatable bonds is 5. The average molecular weight is 489 g/mol. The van der Waals surface area contributed by atoms with E-state index in [0.29, 0.717) is 29.0 Å². The number of benzene rings is 2. The molecule has 0 spiro atoms. The second-order valence-corrected chi connectivity index (χ2v) is 9.20. The molecule has 1 aliphatic rings. The summed E-state index contributed by atoms with van der Waals surface area (Å²) in [6.45, 7) is 2.25. The van der Waals surface area contributed by atoms with E-state index >= 15 is 0 Å². The van der Waals surface area contributed by atoms with Gasteiger partial charge in [-0.05, 0) is 55.8 Å². The molecule has 1 aliphatic heterocycles. The van der Waals surface area contributed by atoms with Gasteiger partial charge in [0.2, 0.25) is 11.8 Å². The van der Waals surface area contributed by atoms with Crippen LogP contribution in [0.15, 0.2) is 65.2 Å². The van der Waals surface area contributed by atoms with Crippen LogP contribution in [0.4, 0.5) is 4.39 Å². The number of halogens is 2. The topological polar surface area (TPSA) is 83.7 Å². The SMILES string of the molecule is Fc1ccccc1CN1CCC[C@@H](c2nnc(-c3ccc4[nH]nc(-c5ccnc(Cl)c5)c4c3)o2)C1. The molecule has 0 saturated carbocycles. The number of nitrogens with zero attached hydrogens (tertiary/aromatic N) is 5. The Bertz CT molecular complexity index is 1500. The van der Waals surface area contributed by atoms with Crippen LogP contribution in [-0.4, -0.2) is 43.4 Å². The van der Waals surface area contributed by atoms with E-state index in [1.807, 2.05) is 36.4 Å². The summed E-state index contributed by atoms with van der Waals surface area (Å²) in [6, 6.07) is 16.5. The number of aromatic amines is 1. The van der Waals surface area contributed by atoms with Crippen molar-refractivity contribution in [3.8, 4) is 22.7 Å². The van der Waals surface area contributed by atoms with Gasteiger partial charge in [0.1, 0.15) is 16.7 Å². The van der Waals surface area contributed by atoms with Gasteiger partial charge in [-0.3, -0.25) is 10.00 Å². The van der Waals surface area contributed by atoms with E-state index in [4.69, 9.17) is 16.0 Å². The van der Waals surface area contributed by atoms with Gasteiger partial charge in [0, 0.05) is 41.4 Å². The Hall–Kier alpha value is -3.62. The zero-order chi connectivity index (χ0) is 23.8. The molecule has 176 valence electrons. The van der Waals surface area contributed by atoms with E-state index in [-0.39, 0.29) is 11.7 Å². The molecule has 0 radical (unpaired) electrons. The molecule has 1 saturated heterocycles. The average Bonchev–Trinajstić information content (AvgIpc) is 3.53. The highest BCUT2D eigenvalue weighted by molar-refractivity contribution is 6.29. The van der Waals surface area contributed by atoms with Crippen molar-refractivity contribution in [1.82, 2.24) is 30.3 Å². The Morgan fingerprint density at radius 1 is 1.09 bits per heavy atom. The van der Waals surface area contributed by atoms with Crippen molar-refractivity contribution < 1.29 is 8.81 Å². The summed E-state index contributed by atoms with van der Waals surface area (Å²) < 4.78 is 20.3. The molecule has 0 amide bonds. The maximum absolute atomic E-state index is 14.1. The number of piperidine rings is 1. The van der Waals surface area contributed by atoms with Gasteiger partial charge in [-0.15, -0.1) is 10.2 Å². The first-order valence-electron chi connectivity index (χ1n) is 11.5. The molecular weight excluding hydrogens is 467 g/mol. The summed E-state index contributed by atoms with van der Waals surface area (Å²) in [5.41, 5.74) is 4.07. The van der Waals surface area contributed by atoms with E-state index in [1.165, 1.54) is 6.07 Å². The Labute approximate surface area is 206 Å². The highest BCUT2D eigenvalue weighted by Crippen LogP contribution is 2.33. The number of H-pyrrole nitrogens is 1. The van der Waals surface area contributed by atoms with Crippen LogP contribution in [-0.2, 0) is 6.54 Å². The summed E-state index contributed by atoms with van der Waals surface area (Å²) in [7, 11) is 0. The molecule has 2 aromatic carbocycles. The van der Waals surface area contributed by atoms with Crippen LogP contribution in [0.3, 0.4) is 0 Å². The molecule has 0 unspecified atom stereocenters. The van der Waals surface area contributed by atoms with E-state index < -0.39 is 0 Å². The lowest BCUT2D eigenvalue weighted by molar-refractivity contribution is 0.184. The predicted octanol–water partition coefficient (Wildman–Crippen LogP) is 5.85. The van der Waals surface area contributed by atoms with Crippen molar-refractivity contribution >= 4 is 22.5 Å². The molecule has 0 aliphatic carbocycles. The summed E-state index contributed by atoms with van der Waals surface area (Å²) in [6.07, 6.45) is 3.62. The van der Waals surface area contributed by atoms with Crippen molar-refractivity contribution in [1.29, 1.82) is 0 Å². The molecule has 4 heterocycles. The minimum atomic E-state index is -0.169. The Balaban J connectivity index is 1.24. The zero-order valence-electron chi connectivity index (χ0n) is 18.8. The second-order valence-electron chi connectivity index (χ2n) is 8.81. The summed E-state index contributed by atoms with van der Waals surface area (Å²) in [5, 5.41) is 17.6. The van der Waals surface area contributed by atoms with Gasteiger partial charge in [-0.2, -0.15) is 5.10 Å². The van der Waals surface area contributed by atoms with Crippen LogP contribution in [0, 0.1) is 5.82 Å². The molecule has 6 rings (SSSR count). The number of pyridine rings is 1. The van der Waals surface area contributed by atoms with Gasteiger partial charge >= 0.3 is 0 Å². The van der Waals surface area contributed by atoms with Crippen LogP contribution in [0.2, 0.25) is 5.15 Å². The Kier molecular flexibility index (Phi) is 5.75. The van der Waals surface area contributed by atoms with Crippen LogP contribution >= 0.6 is 11.6 Å². The fraction of sp³-hybridized carbons (Fsp3) is 0.231. The molecule has 9 heteroatoms. The van der Waals surface area contributed by atoms with Gasteiger partial charge in [0.15, 0.2) is 0 Å². The number of hydrogen-bond acceptors (Lipinski definition) is 6. The highest BCUT2D eigenvalue weighted by Gasteiger charge is 2.26. The molecule has 35 heavy (non-hydrogen) atoms. The monoisotopic (exact) mass is 488 g/mol. The standard InChI is InChI=1S/C26H22ClFN6O/c27-23-13-16(9-10-29-23)24-20-12-17(7-8-22(20)30-31-24)25-32-33-26(35-25)19-5-3-11-34(15-19)14-18-4-1-2-6-21(18)28/h1-2,4,6-10,12-13,19H,3,5,11,14-15H2,(H,30,31)/t19-/m1/s1. The smallest absolute Gasteiger partial charge is 0.247 e. The number of aromatic nitrogens is 5. The third-order valence-electron chi connectivity index (χ3n) is 6.46. The van der Waals surface area contributed by atoms with Gasteiger partial charge in [0.05, 0.1) is 11.4 Å². The number of likely N-dealkylation sites (tertiary alicyclic amines) is 1. The molecule has 1 N–H and O–H groups in total. The second kappa shape index (κ2) is 9.20. The van der Waals surface area contributed by atoms with Crippen LogP contribution in [0.25, 0.3) is 33.6 Å². The van der Waals surface area contributed by atoms with Crippen molar-refractivity contribution in [3.63, 3.8) is 0 Å². The minimum absolute atomic E-state index is 0.115. The summed E-state index contributed by atoms with van der Waals surface area (Å²) >= 11 is 6.08. The lowest BCUT2D eigenvalue weighted by Gasteiger charge is -2.31. The normalized spacial score (nSPS) is 16.7. The van der Waals surface area contributed by atoms with Crippen molar-refractivity contribution in [2.45, 2.75) is 25.3 Å². The molecule has 1 fully saturated rings. The first-order valence-corrected chi connectivity index (χ1v) is 11.9. The zero-order valence-corrected chi connectivity index (χ0v) is 19.5. The molecular formula is C26H22ClFN6O. The van der Waals surface area contributed by atoms with E-state index in [2.05, 4.69) is 30.3 Å². The van der Waals surface area contributed by atoms with Crippen molar-refractivity contribution in [3.05, 3.63) is 83.2 Å². The molecule has 0 bridgehead atoms. The van der Waals surface area contributed by atoms with Crippen molar-refractivity contribution in [2.24, 2.45) is 0 Å². The predicted molar refractivity (Wildman–Crippen MR) is 131 cm³/mol. The molecule has 3 aromatic heterocycles. The third kappa shape index (κ3) is 4.42. The summed E-state index contributed by atoms with van der Waals surface area (Å²) in [5.74, 6) is 1.03.